The van der Waals surface area contributed by atoms with Crippen molar-refractivity contribution in [3.05, 3.63) is 51.2 Å². The number of ether oxygens (including phenoxy) is 1. The van der Waals surface area contributed by atoms with Crippen LogP contribution in [0.5, 0.6) is 0 Å². The summed E-state index contributed by atoms with van der Waals surface area (Å²) in [7, 11) is 1.38. The summed E-state index contributed by atoms with van der Waals surface area (Å²) < 4.78 is 4.85. The third-order valence-corrected chi connectivity index (χ3v) is 4.84. The van der Waals surface area contributed by atoms with Crippen molar-refractivity contribution in [1.82, 2.24) is 0 Å². The standard InChI is InChI=1S/C17H17NO3S/c1-11-8-9-15(22-11)16(19)18-10-4-6-12-13(17(20)21-2)5-3-7-14(12)18/h3,5,7-9H,4,6,10H2,1-2H3. The summed E-state index contributed by atoms with van der Waals surface area (Å²) in [5, 5.41) is 0. The van der Waals surface area contributed by atoms with Crippen LogP contribution in [-0.4, -0.2) is 25.5 Å². The molecule has 0 spiro atoms. The van der Waals surface area contributed by atoms with E-state index in [1.807, 2.05) is 25.1 Å². The number of nitrogens with zero attached hydrogens (tertiary/aromatic N) is 1. The van der Waals surface area contributed by atoms with Crippen molar-refractivity contribution in [2.24, 2.45) is 0 Å². The number of aryl methyl sites for hydroxylation is 1. The first kappa shape index (κ1) is 14.8. The third kappa shape index (κ3) is 2.52. The normalized spacial score (nSPS) is 13.6. The van der Waals surface area contributed by atoms with Gasteiger partial charge in [-0.05, 0) is 49.6 Å². The number of amides is 1. The molecule has 0 saturated carbocycles. The molecule has 0 radical (unpaired) electrons. The maximum Gasteiger partial charge on any atom is 0.338 e. The van der Waals surface area contributed by atoms with Gasteiger partial charge in [-0.2, -0.15) is 0 Å². The third-order valence-electron chi connectivity index (χ3n) is 3.85. The molecule has 22 heavy (non-hydrogen) atoms. The molecule has 0 bridgehead atoms. The largest absolute Gasteiger partial charge is 0.465 e. The van der Waals surface area contributed by atoms with Crippen molar-refractivity contribution in [3.63, 3.8) is 0 Å². The predicted octanol–water partition coefficient (Wildman–Crippen LogP) is 3.44. The van der Waals surface area contributed by atoms with Crippen LogP contribution in [0, 0.1) is 6.92 Å². The fraction of sp³-hybridized carbons (Fsp3) is 0.294. The number of carbonyl (C=O) groups excluding carboxylic acids is 2. The second-order valence-corrected chi connectivity index (χ2v) is 6.55. The zero-order valence-corrected chi connectivity index (χ0v) is 13.4. The molecule has 2 aromatic rings. The van der Waals surface area contributed by atoms with Crippen LogP contribution in [0.15, 0.2) is 30.3 Å². The lowest BCUT2D eigenvalue weighted by Crippen LogP contribution is -2.35. The maximum absolute atomic E-state index is 12.7. The lowest BCUT2D eigenvalue weighted by Gasteiger charge is -2.30. The van der Waals surface area contributed by atoms with E-state index < -0.39 is 0 Å². The Hall–Kier alpha value is -2.14. The quantitative estimate of drug-likeness (QED) is 0.798. The first-order valence-corrected chi connectivity index (χ1v) is 8.02. The average molecular weight is 315 g/mol. The van der Waals surface area contributed by atoms with Gasteiger partial charge in [-0.25, -0.2) is 4.79 Å². The van der Waals surface area contributed by atoms with E-state index in [0.29, 0.717) is 12.1 Å². The maximum atomic E-state index is 12.7. The van der Waals surface area contributed by atoms with Gasteiger partial charge in [-0.15, -0.1) is 11.3 Å². The van der Waals surface area contributed by atoms with Crippen LogP contribution >= 0.6 is 11.3 Å². The molecule has 0 saturated heterocycles. The first-order valence-electron chi connectivity index (χ1n) is 7.20. The van der Waals surface area contributed by atoms with Crippen molar-refractivity contribution in [1.29, 1.82) is 0 Å². The van der Waals surface area contributed by atoms with Crippen molar-refractivity contribution >= 4 is 28.9 Å². The molecule has 0 fully saturated rings. The van der Waals surface area contributed by atoms with Crippen LogP contribution in [0.4, 0.5) is 5.69 Å². The summed E-state index contributed by atoms with van der Waals surface area (Å²) in [6.45, 7) is 2.66. The van der Waals surface area contributed by atoms with Crippen molar-refractivity contribution in [3.8, 4) is 0 Å². The molecular formula is C17H17NO3S. The van der Waals surface area contributed by atoms with Crippen LogP contribution in [-0.2, 0) is 11.2 Å². The number of benzene rings is 1. The number of rotatable bonds is 2. The Labute approximate surface area is 133 Å². The molecule has 0 atom stereocenters. The van der Waals surface area contributed by atoms with Crippen LogP contribution < -0.4 is 4.90 Å². The molecule has 4 nitrogen and oxygen atoms in total. The first-order chi connectivity index (χ1) is 10.6. The monoisotopic (exact) mass is 315 g/mol. The van der Waals surface area contributed by atoms with Crippen LogP contribution in [0.2, 0.25) is 0 Å². The molecule has 1 aromatic carbocycles. The number of anilines is 1. The Kier molecular flexibility index (Phi) is 3.98. The summed E-state index contributed by atoms with van der Waals surface area (Å²) in [4.78, 5) is 28.3. The van der Waals surface area contributed by atoms with E-state index in [0.717, 1.165) is 33.8 Å². The number of methoxy groups -OCH3 is 1. The number of esters is 1. The molecule has 1 amide bonds. The van der Waals surface area contributed by atoms with Crippen molar-refractivity contribution in [2.45, 2.75) is 19.8 Å². The van der Waals surface area contributed by atoms with Gasteiger partial charge in [-0.1, -0.05) is 6.07 Å². The molecule has 0 unspecified atom stereocenters. The van der Waals surface area contributed by atoms with Crippen LogP contribution in [0.3, 0.4) is 0 Å². The van der Waals surface area contributed by atoms with Gasteiger partial charge in [0.05, 0.1) is 17.6 Å². The van der Waals surface area contributed by atoms with Crippen LogP contribution in [0.1, 0.15) is 36.9 Å². The van der Waals surface area contributed by atoms with Gasteiger partial charge in [0.25, 0.3) is 5.91 Å². The van der Waals surface area contributed by atoms with Gasteiger partial charge in [0.1, 0.15) is 0 Å². The second kappa shape index (κ2) is 5.93. The molecule has 5 heteroatoms. The van der Waals surface area contributed by atoms with E-state index in [1.165, 1.54) is 18.4 Å². The van der Waals surface area contributed by atoms with E-state index >= 15 is 0 Å². The highest BCUT2D eigenvalue weighted by atomic mass is 32.1. The Balaban J connectivity index is 2.01. The molecule has 0 N–H and O–H groups in total. The Morgan fingerprint density at radius 2 is 2.05 bits per heavy atom. The zero-order chi connectivity index (χ0) is 15.7. The van der Waals surface area contributed by atoms with Gasteiger partial charge in [0, 0.05) is 17.1 Å². The van der Waals surface area contributed by atoms with Gasteiger partial charge < -0.3 is 9.64 Å². The summed E-state index contributed by atoms with van der Waals surface area (Å²) >= 11 is 1.50. The smallest absolute Gasteiger partial charge is 0.338 e. The molecule has 1 aliphatic heterocycles. The predicted molar refractivity (Wildman–Crippen MR) is 86.8 cm³/mol. The van der Waals surface area contributed by atoms with E-state index in [2.05, 4.69) is 0 Å². The van der Waals surface area contributed by atoms with Crippen LogP contribution in [0.25, 0.3) is 0 Å². The average Bonchev–Trinajstić information content (AvgIpc) is 2.98. The topological polar surface area (TPSA) is 46.6 Å². The van der Waals surface area contributed by atoms with Gasteiger partial charge >= 0.3 is 5.97 Å². The van der Waals surface area contributed by atoms with E-state index in [9.17, 15) is 9.59 Å². The SMILES string of the molecule is COC(=O)c1cccc2c1CCCN2C(=O)c1ccc(C)s1. The summed E-state index contributed by atoms with van der Waals surface area (Å²) in [6, 6.07) is 9.28. The number of fused-ring (bicyclic) bond motifs is 1. The minimum Gasteiger partial charge on any atom is -0.465 e. The number of hydrogen-bond acceptors (Lipinski definition) is 4. The van der Waals surface area contributed by atoms with Crippen molar-refractivity contribution < 1.29 is 14.3 Å². The number of carbonyl (C=O) groups is 2. The van der Waals surface area contributed by atoms with E-state index in [-0.39, 0.29) is 11.9 Å². The molecule has 1 aliphatic rings. The fourth-order valence-corrected chi connectivity index (χ4v) is 3.64. The summed E-state index contributed by atoms with van der Waals surface area (Å²) in [5.41, 5.74) is 2.28. The molecular weight excluding hydrogens is 298 g/mol. The summed E-state index contributed by atoms with van der Waals surface area (Å²) in [6.07, 6.45) is 1.63. The molecule has 0 aliphatic carbocycles. The highest BCUT2D eigenvalue weighted by molar-refractivity contribution is 7.14. The molecule has 1 aromatic heterocycles. The summed E-state index contributed by atoms with van der Waals surface area (Å²) in [5.74, 6) is -0.348. The number of hydrogen-bond donors (Lipinski definition) is 0. The van der Waals surface area contributed by atoms with Gasteiger partial charge in [-0.3, -0.25) is 4.79 Å². The molecule has 3 rings (SSSR count). The van der Waals surface area contributed by atoms with Crippen molar-refractivity contribution in [2.75, 3.05) is 18.6 Å². The van der Waals surface area contributed by atoms with Gasteiger partial charge in [0.2, 0.25) is 0 Å². The Bertz CT molecular complexity index is 735. The van der Waals surface area contributed by atoms with E-state index in [4.69, 9.17) is 4.74 Å². The Morgan fingerprint density at radius 1 is 1.23 bits per heavy atom. The lowest BCUT2D eigenvalue weighted by atomic mass is 9.96. The Morgan fingerprint density at radius 3 is 2.73 bits per heavy atom. The zero-order valence-electron chi connectivity index (χ0n) is 12.6. The second-order valence-electron chi connectivity index (χ2n) is 5.27. The van der Waals surface area contributed by atoms with E-state index in [1.54, 1.807) is 17.0 Å². The minimum absolute atomic E-state index is 0.000987. The molecule has 114 valence electrons. The highest BCUT2D eigenvalue weighted by Crippen LogP contribution is 2.32. The molecule has 2 heterocycles. The minimum atomic E-state index is -0.349. The number of thiophene rings is 1. The van der Waals surface area contributed by atoms with Gasteiger partial charge in [0.15, 0.2) is 0 Å². The fourth-order valence-electron chi connectivity index (χ4n) is 2.82. The lowest BCUT2D eigenvalue weighted by molar-refractivity contribution is 0.0599. The highest BCUT2D eigenvalue weighted by Gasteiger charge is 2.27.